The molecule has 0 bridgehead atoms. The Balaban J connectivity index is 1.15. The lowest BCUT2D eigenvalue weighted by atomic mass is 10.1. The van der Waals surface area contributed by atoms with Gasteiger partial charge >= 0.3 is 6.09 Å². The molecule has 2 heterocycles. The highest BCUT2D eigenvalue weighted by atomic mass is 16.6. The molecule has 2 N–H and O–H groups in total. The molecule has 2 fully saturated rings. The van der Waals surface area contributed by atoms with E-state index in [4.69, 9.17) is 14.2 Å². The van der Waals surface area contributed by atoms with Crippen LogP contribution in [0.25, 0.3) is 10.8 Å². The van der Waals surface area contributed by atoms with Crippen molar-refractivity contribution in [1.82, 2.24) is 5.32 Å². The summed E-state index contributed by atoms with van der Waals surface area (Å²) in [5.74, 6) is 0. The van der Waals surface area contributed by atoms with E-state index in [1.165, 1.54) is 11.3 Å². The smallest absolute Gasteiger partial charge is 0.412 e. The van der Waals surface area contributed by atoms with Crippen molar-refractivity contribution in [1.29, 1.82) is 0 Å². The Labute approximate surface area is 193 Å². The van der Waals surface area contributed by atoms with Gasteiger partial charge in [0.1, 0.15) is 12.2 Å². The van der Waals surface area contributed by atoms with Gasteiger partial charge in [0, 0.05) is 31.7 Å². The highest BCUT2D eigenvalue weighted by Gasteiger charge is 2.49. The van der Waals surface area contributed by atoms with Crippen LogP contribution in [0.3, 0.4) is 0 Å². The molecular formula is C26H29N3O4. The van der Waals surface area contributed by atoms with Crippen LogP contribution in [0.2, 0.25) is 0 Å². The lowest BCUT2D eigenvalue weighted by molar-refractivity contribution is 0.00855. The SMILES string of the molecule is CN(C)c1ccc(CNC2COC3C(OC(=O)Nc4cccc5ccccc45)COC23)cc1. The number of carbonyl (C=O) groups excluding carboxylic acids is 1. The maximum atomic E-state index is 12.6. The van der Waals surface area contributed by atoms with Crippen molar-refractivity contribution < 1.29 is 19.0 Å². The number of rotatable bonds is 6. The van der Waals surface area contributed by atoms with E-state index in [1.54, 1.807) is 0 Å². The molecule has 2 aliphatic heterocycles. The highest BCUT2D eigenvalue weighted by Crippen LogP contribution is 2.30. The number of benzene rings is 3. The molecule has 1 amide bonds. The van der Waals surface area contributed by atoms with E-state index in [0.717, 1.165) is 23.0 Å². The molecular weight excluding hydrogens is 418 g/mol. The first-order chi connectivity index (χ1) is 16.1. The van der Waals surface area contributed by atoms with E-state index in [-0.39, 0.29) is 18.2 Å². The monoisotopic (exact) mass is 447 g/mol. The summed E-state index contributed by atoms with van der Waals surface area (Å²) in [5.41, 5.74) is 3.09. The van der Waals surface area contributed by atoms with Crippen LogP contribution in [0.4, 0.5) is 16.2 Å². The highest BCUT2D eigenvalue weighted by molar-refractivity contribution is 6.00. The van der Waals surface area contributed by atoms with Gasteiger partial charge in [-0.3, -0.25) is 5.32 Å². The first-order valence-corrected chi connectivity index (χ1v) is 11.3. The zero-order chi connectivity index (χ0) is 22.8. The average molecular weight is 448 g/mol. The average Bonchev–Trinajstić information content (AvgIpc) is 3.41. The summed E-state index contributed by atoms with van der Waals surface area (Å²) in [6, 6.07) is 22.2. The fourth-order valence-corrected chi connectivity index (χ4v) is 4.51. The summed E-state index contributed by atoms with van der Waals surface area (Å²) in [5, 5.41) is 8.43. The number of hydrogen-bond acceptors (Lipinski definition) is 6. The number of fused-ring (bicyclic) bond motifs is 2. The van der Waals surface area contributed by atoms with Crippen LogP contribution in [0.1, 0.15) is 5.56 Å². The largest absolute Gasteiger partial charge is 0.441 e. The van der Waals surface area contributed by atoms with E-state index < -0.39 is 12.2 Å². The zero-order valence-electron chi connectivity index (χ0n) is 18.9. The Hall–Kier alpha value is -3.13. The number of nitrogens with one attached hydrogen (secondary N) is 2. The van der Waals surface area contributed by atoms with Gasteiger partial charge in [-0.15, -0.1) is 0 Å². The first-order valence-electron chi connectivity index (χ1n) is 11.3. The molecule has 0 saturated carbocycles. The van der Waals surface area contributed by atoms with Gasteiger partial charge in [-0.1, -0.05) is 48.5 Å². The summed E-state index contributed by atoms with van der Waals surface area (Å²) >= 11 is 0. The molecule has 3 aromatic rings. The van der Waals surface area contributed by atoms with Gasteiger partial charge in [-0.2, -0.15) is 0 Å². The van der Waals surface area contributed by atoms with Crippen LogP contribution < -0.4 is 15.5 Å². The molecule has 2 saturated heterocycles. The third-order valence-electron chi connectivity index (χ3n) is 6.31. The van der Waals surface area contributed by atoms with Crippen molar-refractivity contribution in [3.8, 4) is 0 Å². The van der Waals surface area contributed by atoms with Gasteiger partial charge in [0.2, 0.25) is 0 Å². The molecule has 7 heteroatoms. The van der Waals surface area contributed by atoms with Crippen molar-refractivity contribution in [2.75, 3.05) is 37.5 Å². The van der Waals surface area contributed by atoms with Gasteiger partial charge in [0.05, 0.1) is 24.9 Å². The molecule has 0 aromatic heterocycles. The zero-order valence-corrected chi connectivity index (χ0v) is 18.9. The number of carbonyl (C=O) groups is 1. The second-order valence-corrected chi connectivity index (χ2v) is 8.74. The van der Waals surface area contributed by atoms with Crippen molar-refractivity contribution in [3.63, 3.8) is 0 Å². The van der Waals surface area contributed by atoms with Gasteiger partial charge < -0.3 is 24.4 Å². The van der Waals surface area contributed by atoms with E-state index in [9.17, 15) is 4.79 Å². The first kappa shape index (κ1) is 21.7. The molecule has 33 heavy (non-hydrogen) atoms. The molecule has 0 aliphatic carbocycles. The van der Waals surface area contributed by atoms with Gasteiger partial charge in [-0.25, -0.2) is 4.79 Å². The molecule has 4 unspecified atom stereocenters. The molecule has 7 nitrogen and oxygen atoms in total. The minimum Gasteiger partial charge on any atom is -0.441 e. The molecule has 3 aromatic carbocycles. The van der Waals surface area contributed by atoms with Gasteiger partial charge in [-0.05, 0) is 29.1 Å². The Kier molecular flexibility index (Phi) is 6.17. The van der Waals surface area contributed by atoms with Crippen LogP contribution in [0, 0.1) is 0 Å². The molecule has 172 valence electrons. The van der Waals surface area contributed by atoms with E-state index in [2.05, 4.69) is 39.8 Å². The topological polar surface area (TPSA) is 72.1 Å². The van der Waals surface area contributed by atoms with Crippen LogP contribution in [0.15, 0.2) is 66.7 Å². The summed E-state index contributed by atoms with van der Waals surface area (Å²) in [4.78, 5) is 14.7. The third kappa shape index (κ3) is 4.66. The van der Waals surface area contributed by atoms with Crippen LogP contribution in [0.5, 0.6) is 0 Å². The maximum absolute atomic E-state index is 12.6. The third-order valence-corrected chi connectivity index (χ3v) is 6.31. The molecule has 4 atom stereocenters. The Morgan fingerprint density at radius 2 is 1.73 bits per heavy atom. The number of anilines is 2. The fraction of sp³-hybridized carbons (Fsp3) is 0.346. The fourth-order valence-electron chi connectivity index (χ4n) is 4.51. The normalized spacial score (nSPS) is 23.9. The second kappa shape index (κ2) is 9.39. The minimum absolute atomic E-state index is 0.0539. The molecule has 2 aliphatic rings. The molecule has 5 rings (SSSR count). The maximum Gasteiger partial charge on any atom is 0.412 e. The Morgan fingerprint density at radius 3 is 2.55 bits per heavy atom. The van der Waals surface area contributed by atoms with E-state index >= 15 is 0 Å². The van der Waals surface area contributed by atoms with Gasteiger partial charge in [0.15, 0.2) is 6.10 Å². The number of amides is 1. The summed E-state index contributed by atoms with van der Waals surface area (Å²) in [7, 11) is 4.06. The number of hydrogen-bond donors (Lipinski definition) is 2. The standard InChI is InChI=1S/C26H29N3O4/c1-29(2)19-12-10-17(11-13-19)14-27-22-15-31-25-23(16-32-24(22)25)33-26(30)28-21-9-5-7-18-6-3-4-8-20(18)21/h3-13,22-25,27H,14-16H2,1-2H3,(H,28,30). The Bertz CT molecular complexity index is 1110. The van der Waals surface area contributed by atoms with Gasteiger partial charge in [0.25, 0.3) is 0 Å². The number of nitrogens with zero attached hydrogens (tertiary/aromatic N) is 1. The lowest BCUT2D eigenvalue weighted by Gasteiger charge is -2.18. The van der Waals surface area contributed by atoms with E-state index in [1.807, 2.05) is 56.6 Å². The predicted molar refractivity (Wildman–Crippen MR) is 129 cm³/mol. The van der Waals surface area contributed by atoms with Crippen LogP contribution in [-0.4, -0.2) is 57.8 Å². The summed E-state index contributed by atoms with van der Waals surface area (Å²) < 4.78 is 17.6. The van der Waals surface area contributed by atoms with Crippen molar-refractivity contribution >= 4 is 28.2 Å². The summed E-state index contributed by atoms with van der Waals surface area (Å²) in [6.45, 7) is 1.57. The Morgan fingerprint density at radius 1 is 0.970 bits per heavy atom. The van der Waals surface area contributed by atoms with Crippen molar-refractivity contribution in [3.05, 3.63) is 72.3 Å². The molecule has 0 radical (unpaired) electrons. The van der Waals surface area contributed by atoms with Crippen LogP contribution >= 0.6 is 0 Å². The van der Waals surface area contributed by atoms with Crippen LogP contribution in [-0.2, 0) is 20.8 Å². The van der Waals surface area contributed by atoms with Crippen molar-refractivity contribution in [2.24, 2.45) is 0 Å². The second-order valence-electron chi connectivity index (χ2n) is 8.74. The van der Waals surface area contributed by atoms with Crippen molar-refractivity contribution in [2.45, 2.75) is 30.9 Å². The van der Waals surface area contributed by atoms with E-state index in [0.29, 0.717) is 13.2 Å². The lowest BCUT2D eigenvalue weighted by Crippen LogP contribution is -2.41. The number of ether oxygens (including phenoxy) is 3. The minimum atomic E-state index is -0.499. The summed E-state index contributed by atoms with van der Waals surface area (Å²) in [6.07, 6.45) is -1.34. The predicted octanol–water partition coefficient (Wildman–Crippen LogP) is 3.78. The quantitative estimate of drug-likeness (QED) is 0.599. The molecule has 0 spiro atoms.